The summed E-state index contributed by atoms with van der Waals surface area (Å²) in [5, 5.41) is 1.34. The molecule has 7 heteroatoms. The van der Waals surface area contributed by atoms with Crippen molar-refractivity contribution < 1.29 is 4.79 Å². The summed E-state index contributed by atoms with van der Waals surface area (Å²) in [6.45, 7) is 3.98. The van der Waals surface area contributed by atoms with Gasteiger partial charge in [-0.25, -0.2) is 4.98 Å². The lowest BCUT2D eigenvalue weighted by Gasteiger charge is -2.26. The van der Waals surface area contributed by atoms with E-state index < -0.39 is 0 Å². The first-order valence-electron chi connectivity index (χ1n) is 9.07. The predicted octanol–water partition coefficient (Wildman–Crippen LogP) is 3.21. The number of amides is 1. The standard InChI is InChI=1S/C18H23N3O2S2/c1-11-5-6-12-13(9-11)25-17-15(12)16(23)19-18(20-17)24-10-14(22)21-7-3-2-4-8-21/h11H,2-10H2,1H3,(H,19,20,23). The van der Waals surface area contributed by atoms with E-state index in [9.17, 15) is 9.59 Å². The Morgan fingerprint density at radius 2 is 2.16 bits per heavy atom. The van der Waals surface area contributed by atoms with Gasteiger partial charge in [-0.05, 0) is 50.0 Å². The third kappa shape index (κ3) is 3.49. The van der Waals surface area contributed by atoms with E-state index in [1.165, 1.54) is 28.6 Å². The molecule has 3 heterocycles. The molecule has 134 valence electrons. The van der Waals surface area contributed by atoms with E-state index in [0.29, 0.717) is 16.8 Å². The number of piperidine rings is 1. The second-order valence-corrected chi connectivity index (χ2v) is 9.18. The minimum Gasteiger partial charge on any atom is -0.342 e. The van der Waals surface area contributed by atoms with E-state index in [-0.39, 0.29) is 11.5 Å². The molecule has 1 atom stereocenters. The number of carbonyl (C=O) groups excluding carboxylic acids is 1. The molecule has 0 aromatic carbocycles. The van der Waals surface area contributed by atoms with Crippen LogP contribution in [0, 0.1) is 5.92 Å². The quantitative estimate of drug-likeness (QED) is 0.659. The van der Waals surface area contributed by atoms with Crippen molar-refractivity contribution in [2.75, 3.05) is 18.8 Å². The zero-order valence-corrected chi connectivity index (χ0v) is 16.1. The molecule has 0 saturated carbocycles. The van der Waals surface area contributed by atoms with Gasteiger partial charge in [-0.2, -0.15) is 0 Å². The van der Waals surface area contributed by atoms with Gasteiger partial charge in [-0.15, -0.1) is 11.3 Å². The van der Waals surface area contributed by atoms with E-state index in [4.69, 9.17) is 0 Å². The molecular formula is C18H23N3O2S2. The smallest absolute Gasteiger partial charge is 0.260 e. The molecule has 0 radical (unpaired) electrons. The van der Waals surface area contributed by atoms with Crippen molar-refractivity contribution in [3.63, 3.8) is 0 Å². The molecule has 5 nitrogen and oxygen atoms in total. The van der Waals surface area contributed by atoms with Gasteiger partial charge in [0.15, 0.2) is 5.16 Å². The second kappa shape index (κ2) is 7.11. The molecule has 1 N–H and O–H groups in total. The van der Waals surface area contributed by atoms with Gasteiger partial charge in [-0.3, -0.25) is 9.59 Å². The van der Waals surface area contributed by atoms with Crippen molar-refractivity contribution in [3.8, 4) is 0 Å². The number of hydrogen-bond donors (Lipinski definition) is 1. The highest BCUT2D eigenvalue weighted by atomic mass is 32.2. The van der Waals surface area contributed by atoms with Crippen LogP contribution in [-0.4, -0.2) is 39.6 Å². The van der Waals surface area contributed by atoms with Crippen LogP contribution in [0.5, 0.6) is 0 Å². The van der Waals surface area contributed by atoms with E-state index in [2.05, 4.69) is 16.9 Å². The normalized spacial score (nSPS) is 20.7. The Morgan fingerprint density at radius 1 is 1.36 bits per heavy atom. The summed E-state index contributed by atoms with van der Waals surface area (Å²) >= 11 is 3.00. The molecule has 25 heavy (non-hydrogen) atoms. The molecule has 1 amide bonds. The molecule has 2 aliphatic rings. The average Bonchev–Trinajstić information content (AvgIpc) is 2.98. The van der Waals surface area contributed by atoms with Gasteiger partial charge < -0.3 is 9.88 Å². The number of likely N-dealkylation sites (tertiary alicyclic amines) is 1. The number of H-pyrrole nitrogens is 1. The van der Waals surface area contributed by atoms with Gasteiger partial charge in [0.2, 0.25) is 5.91 Å². The van der Waals surface area contributed by atoms with Crippen molar-refractivity contribution >= 4 is 39.2 Å². The minimum atomic E-state index is -0.0509. The monoisotopic (exact) mass is 377 g/mol. The van der Waals surface area contributed by atoms with Gasteiger partial charge in [-0.1, -0.05) is 18.7 Å². The first-order chi connectivity index (χ1) is 12.1. The van der Waals surface area contributed by atoms with Crippen LogP contribution in [0.25, 0.3) is 10.2 Å². The molecule has 1 saturated heterocycles. The number of thioether (sulfide) groups is 1. The Kier molecular flexibility index (Phi) is 4.86. The number of aromatic amines is 1. The summed E-state index contributed by atoms with van der Waals surface area (Å²) < 4.78 is 0. The van der Waals surface area contributed by atoms with E-state index in [1.54, 1.807) is 11.3 Å². The molecular weight excluding hydrogens is 354 g/mol. The predicted molar refractivity (Wildman–Crippen MR) is 103 cm³/mol. The fourth-order valence-electron chi connectivity index (χ4n) is 3.76. The summed E-state index contributed by atoms with van der Waals surface area (Å²) in [5.74, 6) is 1.17. The fraction of sp³-hybridized carbons (Fsp3) is 0.611. The maximum atomic E-state index is 12.6. The molecule has 1 aliphatic heterocycles. The second-order valence-electron chi connectivity index (χ2n) is 7.13. The lowest BCUT2D eigenvalue weighted by molar-refractivity contribution is -0.129. The van der Waals surface area contributed by atoms with Gasteiger partial charge in [0.05, 0.1) is 11.1 Å². The Hall–Kier alpha value is -1.34. The maximum absolute atomic E-state index is 12.6. The van der Waals surface area contributed by atoms with Crippen LogP contribution < -0.4 is 5.56 Å². The van der Waals surface area contributed by atoms with Crippen molar-refractivity contribution in [3.05, 3.63) is 20.8 Å². The van der Waals surface area contributed by atoms with Crippen LogP contribution in [-0.2, 0) is 17.6 Å². The Balaban J connectivity index is 1.53. The van der Waals surface area contributed by atoms with Crippen molar-refractivity contribution in [1.82, 2.24) is 14.9 Å². The number of thiophene rings is 1. The molecule has 2 aromatic heterocycles. The van der Waals surface area contributed by atoms with Gasteiger partial charge in [0.25, 0.3) is 5.56 Å². The Bertz CT molecular complexity index is 852. The lowest BCUT2D eigenvalue weighted by atomic mass is 9.89. The van der Waals surface area contributed by atoms with Crippen molar-refractivity contribution in [2.24, 2.45) is 5.92 Å². The summed E-state index contributed by atoms with van der Waals surface area (Å²) in [5.41, 5.74) is 1.15. The fourth-order valence-corrected chi connectivity index (χ4v) is 5.97. The number of aryl methyl sites for hydroxylation is 1. The first-order valence-corrected chi connectivity index (χ1v) is 10.9. The highest BCUT2D eigenvalue weighted by Crippen LogP contribution is 2.36. The molecule has 1 aliphatic carbocycles. The largest absolute Gasteiger partial charge is 0.342 e. The zero-order chi connectivity index (χ0) is 17.4. The van der Waals surface area contributed by atoms with Gasteiger partial charge in [0, 0.05) is 18.0 Å². The molecule has 2 aromatic rings. The lowest BCUT2D eigenvalue weighted by Crippen LogP contribution is -2.36. The van der Waals surface area contributed by atoms with Crippen LogP contribution in [0.1, 0.15) is 43.0 Å². The van der Waals surface area contributed by atoms with Crippen LogP contribution in [0.15, 0.2) is 9.95 Å². The van der Waals surface area contributed by atoms with Crippen LogP contribution in [0.4, 0.5) is 0 Å². The summed E-state index contributed by atoms with van der Waals surface area (Å²) in [4.78, 5) is 36.5. The summed E-state index contributed by atoms with van der Waals surface area (Å²) in [6.07, 6.45) is 6.56. The molecule has 1 unspecified atom stereocenters. The molecule has 0 bridgehead atoms. The van der Waals surface area contributed by atoms with Crippen LogP contribution in [0.3, 0.4) is 0 Å². The minimum absolute atomic E-state index is 0.0509. The number of fused-ring (bicyclic) bond motifs is 3. The average molecular weight is 378 g/mol. The number of rotatable bonds is 3. The highest BCUT2D eigenvalue weighted by molar-refractivity contribution is 7.99. The third-order valence-corrected chi connectivity index (χ3v) is 7.19. The topological polar surface area (TPSA) is 66.1 Å². The zero-order valence-electron chi connectivity index (χ0n) is 14.5. The number of nitrogens with zero attached hydrogens (tertiary/aromatic N) is 2. The molecule has 1 fully saturated rings. The van der Waals surface area contributed by atoms with E-state index in [0.717, 1.165) is 55.4 Å². The van der Waals surface area contributed by atoms with Gasteiger partial charge >= 0.3 is 0 Å². The number of nitrogens with one attached hydrogen (secondary N) is 1. The molecule has 0 spiro atoms. The molecule has 4 rings (SSSR count). The summed E-state index contributed by atoms with van der Waals surface area (Å²) in [7, 11) is 0. The first kappa shape index (κ1) is 17.1. The number of hydrogen-bond acceptors (Lipinski definition) is 5. The highest BCUT2D eigenvalue weighted by Gasteiger charge is 2.23. The van der Waals surface area contributed by atoms with Gasteiger partial charge in [0.1, 0.15) is 4.83 Å². The van der Waals surface area contributed by atoms with Crippen LogP contribution in [0.2, 0.25) is 0 Å². The number of carbonyl (C=O) groups is 1. The Labute approximate surface area is 155 Å². The van der Waals surface area contributed by atoms with E-state index in [1.807, 2.05) is 4.90 Å². The maximum Gasteiger partial charge on any atom is 0.260 e. The van der Waals surface area contributed by atoms with Crippen molar-refractivity contribution in [1.29, 1.82) is 0 Å². The van der Waals surface area contributed by atoms with E-state index >= 15 is 0 Å². The van der Waals surface area contributed by atoms with Crippen LogP contribution >= 0.6 is 23.1 Å². The third-order valence-electron chi connectivity index (χ3n) is 5.18. The van der Waals surface area contributed by atoms with Crippen molar-refractivity contribution in [2.45, 2.75) is 50.6 Å². The summed E-state index contributed by atoms with van der Waals surface area (Å²) in [6, 6.07) is 0. The SMILES string of the molecule is CC1CCc2c(sc3nc(SCC(=O)N4CCCCC4)[nH]c(=O)c23)C1. The number of aromatic nitrogens is 2. The Morgan fingerprint density at radius 3 is 2.96 bits per heavy atom.